The highest BCUT2D eigenvalue weighted by molar-refractivity contribution is 7.17. The Hall–Kier alpha value is -5.80. The molecule has 2 N–H and O–H groups in total. The van der Waals surface area contributed by atoms with Crippen LogP contribution in [-0.2, 0) is 9.59 Å². The third-order valence-electron chi connectivity index (χ3n) is 17.2. The highest BCUT2D eigenvalue weighted by atomic mass is 32.1. The van der Waals surface area contributed by atoms with Crippen molar-refractivity contribution >= 4 is 45.9 Å². The molecule has 4 aromatic carbocycles. The number of aliphatic hydroxyl groups excluding tert-OH is 2. The molecule has 4 aliphatic carbocycles. The molecular weight excluding hydrogens is 1020 g/mol. The van der Waals surface area contributed by atoms with Gasteiger partial charge in [0.1, 0.15) is 11.5 Å². The van der Waals surface area contributed by atoms with E-state index >= 15 is 0 Å². The van der Waals surface area contributed by atoms with Gasteiger partial charge in [0.05, 0.1) is 50.4 Å². The molecule has 0 saturated heterocycles. The molecule has 0 spiro atoms. The number of hydrogen-bond donors (Lipinski definition) is 2. The fourth-order valence-corrected chi connectivity index (χ4v) is 14.0. The van der Waals surface area contributed by atoms with E-state index in [2.05, 4.69) is 96.6 Å². The van der Waals surface area contributed by atoms with E-state index in [1.54, 1.807) is 28.4 Å². The monoisotopic (exact) mass is 1100 g/mol. The van der Waals surface area contributed by atoms with Crippen LogP contribution in [0.5, 0.6) is 21.9 Å². The molecule has 4 saturated carbocycles. The van der Waals surface area contributed by atoms with Crippen LogP contribution in [0.25, 0.3) is 20.9 Å². The highest BCUT2D eigenvalue weighted by Crippen LogP contribution is 2.42. The van der Waals surface area contributed by atoms with Gasteiger partial charge in [0, 0.05) is 48.7 Å². The molecule has 2 amide bonds. The maximum atomic E-state index is 14.0. The lowest BCUT2D eigenvalue weighted by atomic mass is 9.78. The van der Waals surface area contributed by atoms with Gasteiger partial charge in [-0.25, -0.2) is 9.97 Å². The molecule has 14 heteroatoms. The van der Waals surface area contributed by atoms with Gasteiger partial charge in [-0.05, 0) is 210 Å². The lowest BCUT2D eigenvalue weighted by molar-refractivity contribution is -0.125. The SMILES string of the molecule is COc1ncc(-c2cccc(N(CC3CCC(c4ccc(OC)c(C)c4)CC3)C(=O)C3CCC(O)CC3)c2)s1.COc1ncc(-c2cccc(N(CC3CCC(c4ccc(OC)c(C)c4)CC3)C(=O)C3CCC(O)CC3)c2)s1. The number of carbonyl (C=O) groups is 2. The summed E-state index contributed by atoms with van der Waals surface area (Å²) < 4.78 is 21.5. The molecule has 0 radical (unpaired) electrons. The minimum Gasteiger partial charge on any atom is -0.496 e. The van der Waals surface area contributed by atoms with Crippen molar-refractivity contribution in [2.24, 2.45) is 23.7 Å². The summed E-state index contributed by atoms with van der Waals surface area (Å²) in [5.74, 6) is 4.27. The number of carbonyl (C=O) groups excluding carboxylic acids is 2. The summed E-state index contributed by atoms with van der Waals surface area (Å²) in [6, 6.07) is 29.7. The summed E-state index contributed by atoms with van der Waals surface area (Å²) >= 11 is 3.02. The van der Waals surface area contributed by atoms with Gasteiger partial charge in [-0.3, -0.25) is 9.59 Å². The Morgan fingerprint density at radius 1 is 0.500 bits per heavy atom. The van der Waals surface area contributed by atoms with Crippen LogP contribution < -0.4 is 28.7 Å². The van der Waals surface area contributed by atoms with Crippen LogP contribution in [0, 0.1) is 37.5 Å². The first-order valence-corrected chi connectivity index (χ1v) is 30.0. The summed E-state index contributed by atoms with van der Waals surface area (Å²) in [6.07, 6.45) is 17.9. The number of hydrogen-bond acceptors (Lipinski definition) is 12. The van der Waals surface area contributed by atoms with Gasteiger partial charge in [-0.2, -0.15) is 0 Å². The van der Waals surface area contributed by atoms with Gasteiger partial charge in [0.25, 0.3) is 10.4 Å². The maximum Gasteiger partial charge on any atom is 0.273 e. The van der Waals surface area contributed by atoms with E-state index in [1.165, 1.54) is 44.9 Å². The zero-order valence-corrected chi connectivity index (χ0v) is 48.2. The average molecular weight is 1100 g/mol. The first kappa shape index (κ1) is 56.9. The predicted molar refractivity (Wildman–Crippen MR) is 314 cm³/mol. The summed E-state index contributed by atoms with van der Waals surface area (Å²) in [6.45, 7) is 5.69. The van der Waals surface area contributed by atoms with Crippen molar-refractivity contribution in [1.82, 2.24) is 9.97 Å². The smallest absolute Gasteiger partial charge is 0.273 e. The zero-order valence-electron chi connectivity index (χ0n) is 46.5. The minimum atomic E-state index is -0.274. The normalized spacial score (nSPS) is 23.3. The largest absolute Gasteiger partial charge is 0.496 e. The van der Waals surface area contributed by atoms with Crippen LogP contribution >= 0.6 is 22.7 Å². The lowest BCUT2D eigenvalue weighted by Gasteiger charge is -2.36. The van der Waals surface area contributed by atoms with E-state index in [1.807, 2.05) is 34.3 Å². The molecule has 416 valence electrons. The number of aliphatic hydroxyl groups is 2. The topological polar surface area (TPSA) is 144 Å². The molecule has 12 nitrogen and oxygen atoms in total. The van der Waals surface area contributed by atoms with Crippen molar-refractivity contribution in [1.29, 1.82) is 0 Å². The van der Waals surface area contributed by atoms with Crippen LogP contribution in [-0.4, -0.2) is 85.7 Å². The molecule has 6 aromatic rings. The molecule has 10 rings (SSSR count). The van der Waals surface area contributed by atoms with Gasteiger partial charge >= 0.3 is 0 Å². The summed E-state index contributed by atoms with van der Waals surface area (Å²) in [4.78, 5) is 42.7. The Balaban J connectivity index is 0.000000190. The van der Waals surface area contributed by atoms with Crippen molar-refractivity contribution in [3.63, 3.8) is 0 Å². The number of rotatable bonds is 16. The summed E-state index contributed by atoms with van der Waals surface area (Å²) in [5.41, 5.74) is 9.15. The zero-order chi connectivity index (χ0) is 54.7. The van der Waals surface area contributed by atoms with Crippen LogP contribution in [0.1, 0.15) is 137 Å². The molecule has 4 fully saturated rings. The van der Waals surface area contributed by atoms with Crippen LogP contribution in [0.15, 0.2) is 97.3 Å². The number of aryl methyl sites for hydroxylation is 2. The Morgan fingerprint density at radius 2 is 0.885 bits per heavy atom. The van der Waals surface area contributed by atoms with Gasteiger partial charge < -0.3 is 39.0 Å². The van der Waals surface area contributed by atoms with E-state index < -0.39 is 0 Å². The molecule has 2 aromatic heterocycles. The molecule has 0 aliphatic heterocycles. The van der Waals surface area contributed by atoms with Crippen molar-refractivity contribution in [2.45, 2.75) is 141 Å². The van der Waals surface area contributed by atoms with Crippen LogP contribution in [0.2, 0.25) is 0 Å². The second kappa shape index (κ2) is 26.9. The number of thiazole rings is 2. The Bertz CT molecular complexity index is 2710. The van der Waals surface area contributed by atoms with Gasteiger partial charge in [0.15, 0.2) is 0 Å². The maximum absolute atomic E-state index is 14.0. The number of methoxy groups -OCH3 is 4. The van der Waals surface area contributed by atoms with Crippen molar-refractivity contribution in [2.75, 3.05) is 51.3 Å². The third kappa shape index (κ3) is 14.1. The lowest BCUT2D eigenvalue weighted by Crippen LogP contribution is -2.41. The van der Waals surface area contributed by atoms with E-state index in [-0.39, 0.29) is 35.9 Å². The Labute approximate surface area is 470 Å². The Kier molecular flexibility index (Phi) is 19.6. The predicted octanol–water partition coefficient (Wildman–Crippen LogP) is 14.0. The number of ether oxygens (including phenoxy) is 4. The minimum absolute atomic E-state index is 0.0285. The van der Waals surface area contributed by atoms with Crippen molar-refractivity contribution in [3.05, 3.63) is 120 Å². The molecular formula is C64H80N4O8S2. The highest BCUT2D eigenvalue weighted by Gasteiger charge is 2.35. The van der Waals surface area contributed by atoms with Gasteiger partial charge in [-0.15, -0.1) is 0 Å². The fraction of sp³-hybridized carbons (Fsp3) is 0.500. The first-order valence-electron chi connectivity index (χ1n) is 28.4. The number of aromatic nitrogens is 2. The number of benzene rings is 4. The molecule has 4 aliphatic rings. The summed E-state index contributed by atoms with van der Waals surface area (Å²) in [7, 11) is 6.70. The van der Waals surface area contributed by atoms with Crippen molar-refractivity contribution < 1.29 is 38.7 Å². The van der Waals surface area contributed by atoms with E-state index in [4.69, 9.17) is 18.9 Å². The first-order chi connectivity index (χ1) is 37.9. The molecule has 0 atom stereocenters. The molecule has 0 bridgehead atoms. The molecule has 2 heterocycles. The van der Waals surface area contributed by atoms with Gasteiger partial charge in [0.2, 0.25) is 11.8 Å². The standard InChI is InChI=1S/2C32H40N2O4S/c2*1-21-17-25(13-16-29(21)37-2)23-9-7-22(8-10-23)20-34(31(36)24-11-14-28(35)15-12-24)27-6-4-5-26(18-27)30-19-33-32(38-3)39-30/h2*4-6,13,16-19,22-24,28,35H,7-12,14-15,20H2,1-3H3. The average Bonchev–Trinajstić information content (AvgIpc) is 4.21. The third-order valence-corrected chi connectivity index (χ3v) is 19.2. The van der Waals surface area contributed by atoms with Crippen LogP contribution in [0.4, 0.5) is 11.4 Å². The number of amides is 2. The fourth-order valence-electron chi connectivity index (χ4n) is 12.5. The van der Waals surface area contributed by atoms with E-state index in [9.17, 15) is 19.8 Å². The van der Waals surface area contributed by atoms with E-state index in [0.717, 1.165) is 134 Å². The molecule has 0 unspecified atom stereocenters. The van der Waals surface area contributed by atoms with Crippen LogP contribution in [0.3, 0.4) is 0 Å². The quantitative estimate of drug-likeness (QED) is 0.0961. The Morgan fingerprint density at radius 3 is 1.22 bits per heavy atom. The van der Waals surface area contributed by atoms with Crippen molar-refractivity contribution in [3.8, 4) is 42.8 Å². The summed E-state index contributed by atoms with van der Waals surface area (Å²) in [5, 5.41) is 21.3. The number of nitrogens with zero attached hydrogens (tertiary/aromatic N) is 4. The molecule has 78 heavy (non-hydrogen) atoms. The van der Waals surface area contributed by atoms with Gasteiger partial charge in [-0.1, -0.05) is 71.2 Å². The second-order valence-electron chi connectivity index (χ2n) is 22.3. The number of anilines is 2. The van der Waals surface area contributed by atoms with E-state index in [0.29, 0.717) is 59.7 Å². The second-order valence-corrected chi connectivity index (χ2v) is 24.3.